The molecule has 0 aliphatic heterocycles. The minimum atomic E-state index is -0.456. The zero-order valence-electron chi connectivity index (χ0n) is 39.2. The van der Waals surface area contributed by atoms with Gasteiger partial charge in [-0.05, 0) is 64.4 Å². The van der Waals surface area contributed by atoms with Gasteiger partial charge < -0.3 is 15.2 Å². The summed E-state index contributed by atoms with van der Waals surface area (Å²) in [5.74, 6) is 2.09. The number of halogens is 3. The molecule has 0 aliphatic rings. The van der Waals surface area contributed by atoms with Crippen molar-refractivity contribution in [2.24, 2.45) is 5.73 Å². The molecule has 0 atom stereocenters. The van der Waals surface area contributed by atoms with Gasteiger partial charge in [0, 0.05) is 18.3 Å². The molecule has 0 fully saturated rings. The minimum Gasteiger partial charge on any atom is -0.493 e. The molecule has 0 amide bonds. The Kier molecular flexibility index (Phi) is 23.9. The van der Waals surface area contributed by atoms with Crippen molar-refractivity contribution in [3.8, 4) is 5.75 Å². The molecule has 0 saturated carbocycles. The summed E-state index contributed by atoms with van der Waals surface area (Å²) in [4.78, 5) is 33.4. The van der Waals surface area contributed by atoms with E-state index in [0.717, 1.165) is 17.8 Å². The summed E-state index contributed by atoms with van der Waals surface area (Å²) < 4.78 is 14.0. The number of ether oxygens (including phenoxy) is 2. The molecule has 64 heavy (non-hydrogen) atoms. The van der Waals surface area contributed by atoms with Crippen molar-refractivity contribution < 1.29 is 23.9 Å². The first-order valence-electron chi connectivity index (χ1n) is 23.0. The van der Waals surface area contributed by atoms with Crippen molar-refractivity contribution in [1.82, 2.24) is 39.6 Å². The number of carbonyl (C=O) groups is 3. The molecule has 4 N–H and O–H groups in total. The molecule has 4 heterocycles. The van der Waals surface area contributed by atoms with Gasteiger partial charge in [0.2, 0.25) is 0 Å². The summed E-state index contributed by atoms with van der Waals surface area (Å²) in [6.45, 7) is 15.4. The quantitative estimate of drug-likeness (QED) is 0.0247. The highest BCUT2D eigenvalue weighted by atomic mass is 35.5. The van der Waals surface area contributed by atoms with E-state index < -0.39 is 16.1 Å². The van der Waals surface area contributed by atoms with Gasteiger partial charge in [0.15, 0.2) is 22.9 Å². The first kappa shape index (κ1) is 54.4. The van der Waals surface area contributed by atoms with E-state index in [0.29, 0.717) is 76.8 Å². The molecule has 0 bridgehead atoms. The van der Waals surface area contributed by atoms with Gasteiger partial charge in [-0.3, -0.25) is 24.6 Å². The fourth-order valence-electron chi connectivity index (χ4n) is 7.43. The minimum absolute atomic E-state index is 0.124. The van der Waals surface area contributed by atoms with E-state index in [2.05, 4.69) is 37.5 Å². The number of fused-ring (bicyclic) bond motifs is 2. The zero-order chi connectivity index (χ0) is 47.1. The van der Waals surface area contributed by atoms with Crippen LogP contribution in [0.25, 0.3) is 11.3 Å². The monoisotopic (exact) mass is 947 g/mol. The molecule has 356 valence electrons. The molecule has 17 heteroatoms. The van der Waals surface area contributed by atoms with Gasteiger partial charge >= 0.3 is 0 Å². The molecule has 0 spiro atoms. The second-order valence-corrected chi connectivity index (χ2v) is 18.9. The SMILES string of the molecule is CCCCCCCCCCCCCCCCCCOc1ccccc1C(=O)Cl.Cc1[nH]n2c(C(C)(C)CC(=O)CCN)nnc2c1Cl.Cc1[nH]n2c(C(C)(C)COC=O)nnc2c1Cl. The predicted molar refractivity (Wildman–Crippen MR) is 257 cm³/mol. The van der Waals surface area contributed by atoms with Crippen LogP contribution in [0.2, 0.25) is 10.0 Å². The summed E-state index contributed by atoms with van der Waals surface area (Å²) in [6, 6.07) is 7.18. The number of aryl methyl sites for hydroxylation is 2. The Labute approximate surface area is 394 Å². The number of hydrogen-bond donors (Lipinski definition) is 3. The molecule has 4 aromatic heterocycles. The third kappa shape index (κ3) is 17.1. The Morgan fingerprint density at radius 3 is 1.62 bits per heavy atom. The number of para-hydroxylation sites is 1. The first-order valence-corrected chi connectivity index (χ1v) is 24.1. The number of aromatic amines is 2. The number of benzene rings is 1. The van der Waals surface area contributed by atoms with Gasteiger partial charge in [0.25, 0.3) is 11.7 Å². The lowest BCUT2D eigenvalue weighted by Gasteiger charge is -2.21. The van der Waals surface area contributed by atoms with Crippen molar-refractivity contribution in [2.45, 2.75) is 175 Å². The molecule has 0 radical (unpaired) electrons. The lowest BCUT2D eigenvalue weighted by Crippen LogP contribution is -2.27. The lowest BCUT2D eigenvalue weighted by molar-refractivity contribution is -0.130. The van der Waals surface area contributed by atoms with Crippen molar-refractivity contribution in [2.75, 3.05) is 19.8 Å². The van der Waals surface area contributed by atoms with Crippen LogP contribution in [-0.4, -0.2) is 76.9 Å². The topological polar surface area (TPSA) is 188 Å². The maximum atomic E-state index is 11.8. The standard InChI is InChI=1S/C25H41ClO2.C12H18ClN5O.C10H13ClN4O2/c1-2-3-4-5-6-7-8-9-10-11-12-13-14-15-16-19-22-28-24-21-18-17-20-23(24)25(26)27;1-7-9(13)10-15-16-11(18(10)17-7)12(2,3)6-8(19)4-5-14;1-6-7(11)8-12-13-9(15(8)14-6)10(2,3)4-17-5-16/h17-18,20-21H,2-16,19,22H2,1H3;17H,4-6,14H2,1-3H3;5,14H,4H2,1-3H3. The van der Waals surface area contributed by atoms with E-state index >= 15 is 0 Å². The van der Waals surface area contributed by atoms with E-state index in [4.69, 9.17) is 50.0 Å². The number of nitrogens with one attached hydrogen (secondary N) is 2. The van der Waals surface area contributed by atoms with Crippen LogP contribution >= 0.6 is 34.8 Å². The van der Waals surface area contributed by atoms with E-state index in [1.54, 1.807) is 21.2 Å². The van der Waals surface area contributed by atoms with Gasteiger partial charge in [0.1, 0.15) is 28.2 Å². The van der Waals surface area contributed by atoms with Gasteiger partial charge in [0.05, 0.1) is 29.0 Å². The molecular weight excluding hydrogens is 877 g/mol. The Balaban J connectivity index is 0.000000265. The fraction of sp³-hybridized carbons (Fsp3) is 0.638. The van der Waals surface area contributed by atoms with Crippen molar-refractivity contribution in [3.63, 3.8) is 0 Å². The zero-order valence-corrected chi connectivity index (χ0v) is 41.4. The molecule has 5 aromatic rings. The smallest absolute Gasteiger partial charge is 0.293 e. The van der Waals surface area contributed by atoms with Gasteiger partial charge in [-0.1, -0.05) is 152 Å². The average molecular weight is 950 g/mol. The summed E-state index contributed by atoms with van der Waals surface area (Å²) in [6.07, 6.45) is 22.5. The number of hydrogen-bond acceptors (Lipinski definition) is 10. The normalized spacial score (nSPS) is 11.6. The number of nitrogens with two attached hydrogens (primary N) is 1. The fourth-order valence-corrected chi connectivity index (χ4v) is 7.91. The molecule has 5 rings (SSSR count). The number of aromatic nitrogens is 8. The van der Waals surface area contributed by atoms with Gasteiger partial charge in [-0.15, -0.1) is 20.4 Å². The van der Waals surface area contributed by atoms with Crippen LogP contribution in [0.15, 0.2) is 24.3 Å². The van der Waals surface area contributed by atoms with Crippen LogP contribution in [0, 0.1) is 13.8 Å². The first-order chi connectivity index (χ1) is 30.6. The second kappa shape index (κ2) is 28.1. The van der Waals surface area contributed by atoms with Crippen LogP contribution in [0.1, 0.15) is 184 Å². The van der Waals surface area contributed by atoms with Crippen LogP contribution in [0.3, 0.4) is 0 Å². The van der Waals surface area contributed by atoms with Gasteiger partial charge in [-0.2, -0.15) is 0 Å². The highest BCUT2D eigenvalue weighted by molar-refractivity contribution is 6.68. The number of Topliss-reactive ketones (excluding diaryl/α,β-unsaturated/α-hetero) is 1. The van der Waals surface area contributed by atoms with Crippen LogP contribution in [0.5, 0.6) is 5.75 Å². The third-order valence-electron chi connectivity index (χ3n) is 11.1. The van der Waals surface area contributed by atoms with E-state index in [9.17, 15) is 14.4 Å². The predicted octanol–water partition coefficient (Wildman–Crippen LogP) is 11.8. The van der Waals surface area contributed by atoms with E-state index in [1.807, 2.05) is 53.7 Å². The maximum absolute atomic E-state index is 11.8. The Hall–Kier alpha value is -3.98. The third-order valence-corrected chi connectivity index (χ3v) is 12.2. The molecular formula is C47H72Cl3N9O5. The lowest BCUT2D eigenvalue weighted by atomic mass is 9.86. The summed E-state index contributed by atoms with van der Waals surface area (Å²) in [5.41, 5.74) is 7.82. The number of ketones is 1. The van der Waals surface area contributed by atoms with Crippen molar-refractivity contribution in [3.05, 3.63) is 62.9 Å². The second-order valence-electron chi connectivity index (χ2n) is 17.8. The number of nitrogens with zero attached hydrogens (tertiary/aromatic N) is 6. The van der Waals surface area contributed by atoms with Crippen molar-refractivity contribution >= 4 is 63.6 Å². The molecule has 0 unspecified atom stereocenters. The molecule has 14 nitrogen and oxygen atoms in total. The number of H-pyrrole nitrogens is 2. The number of carbonyl (C=O) groups excluding carboxylic acids is 3. The van der Waals surface area contributed by atoms with E-state index in [1.165, 1.54) is 96.3 Å². The summed E-state index contributed by atoms with van der Waals surface area (Å²) in [7, 11) is 0. The van der Waals surface area contributed by atoms with E-state index in [-0.39, 0.29) is 12.4 Å². The Morgan fingerprint density at radius 2 is 1.17 bits per heavy atom. The average Bonchev–Trinajstić information content (AvgIpc) is 4.01. The Morgan fingerprint density at radius 1 is 0.719 bits per heavy atom. The largest absolute Gasteiger partial charge is 0.493 e. The van der Waals surface area contributed by atoms with Crippen LogP contribution in [0.4, 0.5) is 0 Å². The summed E-state index contributed by atoms with van der Waals surface area (Å²) >= 11 is 17.8. The Bertz CT molecular complexity index is 2160. The molecule has 1 aromatic carbocycles. The molecule has 0 saturated heterocycles. The highest BCUT2D eigenvalue weighted by Crippen LogP contribution is 2.30. The number of rotatable bonds is 28. The summed E-state index contributed by atoms with van der Waals surface area (Å²) in [5, 5.41) is 23.2. The van der Waals surface area contributed by atoms with Gasteiger partial charge in [-0.25, -0.2) is 9.03 Å². The maximum Gasteiger partial charge on any atom is 0.293 e. The number of unbranched alkanes of at least 4 members (excludes halogenated alkanes) is 15. The van der Waals surface area contributed by atoms with Crippen LogP contribution in [-0.2, 0) is 25.2 Å². The van der Waals surface area contributed by atoms with Crippen molar-refractivity contribution in [1.29, 1.82) is 0 Å². The van der Waals surface area contributed by atoms with Crippen LogP contribution < -0.4 is 10.5 Å². The molecule has 0 aliphatic carbocycles. The highest BCUT2D eigenvalue weighted by Gasteiger charge is 2.31.